The molecule has 0 bridgehead atoms. The number of aromatic nitrogens is 3. The first-order valence-corrected chi connectivity index (χ1v) is 9.19. The number of carbonyl (C=O) groups excluding carboxylic acids is 2. The van der Waals surface area contributed by atoms with E-state index in [-0.39, 0.29) is 23.6 Å². The minimum atomic E-state index is -0.382. The Bertz CT molecular complexity index is 1010. The Labute approximate surface area is 162 Å². The third-order valence-electron chi connectivity index (χ3n) is 4.90. The van der Waals surface area contributed by atoms with Gasteiger partial charge in [0.15, 0.2) is 11.6 Å². The molecule has 1 atom stereocenters. The Morgan fingerprint density at radius 3 is 2.82 bits per heavy atom. The fraction of sp³-hybridized carbons (Fsp3) is 0.300. The van der Waals surface area contributed by atoms with Crippen LogP contribution in [0.3, 0.4) is 0 Å². The lowest BCUT2D eigenvalue weighted by Crippen LogP contribution is -2.44. The molecule has 1 aliphatic rings. The molecule has 2 N–H and O–H groups in total. The molecule has 8 nitrogen and oxygen atoms in total. The number of rotatable bonds is 4. The summed E-state index contributed by atoms with van der Waals surface area (Å²) in [7, 11) is 0. The summed E-state index contributed by atoms with van der Waals surface area (Å²) in [5.74, 6) is 0.000404. The summed E-state index contributed by atoms with van der Waals surface area (Å²) >= 11 is 0. The minimum Gasteiger partial charge on any atom is -0.461 e. The zero-order valence-electron chi connectivity index (χ0n) is 15.5. The summed E-state index contributed by atoms with van der Waals surface area (Å²) in [6.07, 6.45) is 2.97. The molecule has 1 unspecified atom stereocenters. The maximum absolute atomic E-state index is 13.0. The van der Waals surface area contributed by atoms with Crippen molar-refractivity contribution in [1.29, 1.82) is 0 Å². The average molecular weight is 379 g/mol. The van der Waals surface area contributed by atoms with Gasteiger partial charge in [0.25, 0.3) is 5.91 Å². The predicted octanol–water partition coefficient (Wildman–Crippen LogP) is 2.17. The quantitative estimate of drug-likeness (QED) is 0.747. The van der Waals surface area contributed by atoms with E-state index < -0.39 is 0 Å². The summed E-state index contributed by atoms with van der Waals surface area (Å²) in [5.41, 5.74) is 7.27. The Morgan fingerprint density at radius 1 is 1.25 bits per heavy atom. The summed E-state index contributed by atoms with van der Waals surface area (Å²) in [6.45, 7) is 2.83. The van der Waals surface area contributed by atoms with Gasteiger partial charge in [-0.25, -0.2) is 4.68 Å². The van der Waals surface area contributed by atoms with Gasteiger partial charge in [0.05, 0.1) is 17.9 Å². The van der Waals surface area contributed by atoms with Gasteiger partial charge < -0.3 is 15.1 Å². The second-order valence-electron chi connectivity index (χ2n) is 6.98. The number of furan rings is 1. The van der Waals surface area contributed by atoms with Gasteiger partial charge in [-0.2, -0.15) is 4.98 Å². The first-order chi connectivity index (χ1) is 13.5. The second kappa shape index (κ2) is 7.30. The molecule has 4 rings (SSSR count). The number of hydrogen-bond acceptors (Lipinski definition) is 5. The van der Waals surface area contributed by atoms with Crippen molar-refractivity contribution in [3.8, 4) is 17.3 Å². The molecule has 0 aliphatic carbocycles. The Balaban J connectivity index is 1.71. The van der Waals surface area contributed by atoms with Crippen molar-refractivity contribution in [3.05, 3.63) is 54.0 Å². The Hall–Kier alpha value is -3.42. The topological polar surface area (TPSA) is 107 Å². The van der Waals surface area contributed by atoms with Crippen LogP contribution in [0.25, 0.3) is 17.3 Å². The Morgan fingerprint density at radius 2 is 2.11 bits per heavy atom. The van der Waals surface area contributed by atoms with Crippen LogP contribution >= 0.6 is 0 Å². The smallest absolute Gasteiger partial charge is 0.293 e. The molecule has 8 heteroatoms. The molecule has 3 aromatic rings. The molecule has 144 valence electrons. The van der Waals surface area contributed by atoms with Gasteiger partial charge in [0, 0.05) is 13.1 Å². The van der Waals surface area contributed by atoms with E-state index in [4.69, 9.17) is 10.2 Å². The molecule has 0 saturated carbocycles. The molecule has 1 aliphatic heterocycles. The normalized spacial score (nSPS) is 16.9. The number of piperidine rings is 1. The number of nitrogens with zero attached hydrogens (tertiary/aromatic N) is 4. The lowest BCUT2D eigenvalue weighted by atomic mass is 9.97. The lowest BCUT2D eigenvalue weighted by molar-refractivity contribution is -0.123. The van der Waals surface area contributed by atoms with E-state index in [1.807, 2.05) is 31.2 Å². The van der Waals surface area contributed by atoms with Crippen molar-refractivity contribution in [2.45, 2.75) is 19.8 Å². The van der Waals surface area contributed by atoms with E-state index in [1.165, 1.54) is 0 Å². The first kappa shape index (κ1) is 18.0. The first-order valence-electron chi connectivity index (χ1n) is 9.19. The zero-order valence-corrected chi connectivity index (χ0v) is 15.5. The van der Waals surface area contributed by atoms with Gasteiger partial charge in [-0.05, 0) is 49.6 Å². The molecule has 2 aromatic heterocycles. The molecule has 2 amide bonds. The summed E-state index contributed by atoms with van der Waals surface area (Å²) in [5, 5.41) is 4.46. The number of amides is 2. The van der Waals surface area contributed by atoms with E-state index in [0.29, 0.717) is 31.1 Å². The number of likely N-dealkylation sites (tertiary alicyclic amines) is 1. The molecule has 1 aromatic carbocycles. The standard InChI is InChI=1S/C20H21N5O3/c1-13-5-2-7-15(11-13)25-19(16-8-4-10-28-16)22-18(23-25)20(27)24-9-3-6-14(12-24)17(21)26/h2,4-5,7-8,10-11,14H,3,6,9,12H2,1H3,(H2,21,26). The third-order valence-corrected chi connectivity index (χ3v) is 4.90. The molecule has 3 heterocycles. The zero-order chi connectivity index (χ0) is 19.7. The van der Waals surface area contributed by atoms with Crippen LogP contribution in [0.1, 0.15) is 29.0 Å². The van der Waals surface area contributed by atoms with Crippen LogP contribution in [0.2, 0.25) is 0 Å². The van der Waals surface area contributed by atoms with Crippen molar-refractivity contribution in [3.63, 3.8) is 0 Å². The number of hydrogen-bond donors (Lipinski definition) is 1. The van der Waals surface area contributed by atoms with Crippen LogP contribution in [-0.4, -0.2) is 44.6 Å². The number of primary amides is 1. The maximum atomic E-state index is 13.0. The van der Waals surface area contributed by atoms with Crippen molar-refractivity contribution in [1.82, 2.24) is 19.7 Å². The number of benzene rings is 1. The van der Waals surface area contributed by atoms with Crippen LogP contribution in [-0.2, 0) is 4.79 Å². The second-order valence-corrected chi connectivity index (χ2v) is 6.98. The number of nitrogens with two attached hydrogens (primary N) is 1. The fourth-order valence-corrected chi connectivity index (χ4v) is 3.44. The third kappa shape index (κ3) is 3.40. The van der Waals surface area contributed by atoms with Gasteiger partial charge in [-0.1, -0.05) is 12.1 Å². The van der Waals surface area contributed by atoms with E-state index in [0.717, 1.165) is 17.7 Å². The van der Waals surface area contributed by atoms with Gasteiger partial charge in [-0.15, -0.1) is 5.10 Å². The lowest BCUT2D eigenvalue weighted by Gasteiger charge is -2.30. The van der Waals surface area contributed by atoms with E-state index in [9.17, 15) is 9.59 Å². The van der Waals surface area contributed by atoms with Crippen molar-refractivity contribution in [2.75, 3.05) is 13.1 Å². The monoisotopic (exact) mass is 379 g/mol. The average Bonchev–Trinajstić information content (AvgIpc) is 3.37. The summed E-state index contributed by atoms with van der Waals surface area (Å²) in [6, 6.07) is 11.3. The van der Waals surface area contributed by atoms with Crippen LogP contribution in [0.5, 0.6) is 0 Å². The van der Waals surface area contributed by atoms with Crippen molar-refractivity contribution in [2.24, 2.45) is 11.7 Å². The van der Waals surface area contributed by atoms with Crippen LogP contribution < -0.4 is 5.73 Å². The molecule has 0 radical (unpaired) electrons. The van der Waals surface area contributed by atoms with E-state index in [1.54, 1.807) is 28.0 Å². The SMILES string of the molecule is Cc1cccc(-n2nc(C(=O)N3CCCC(C(N)=O)C3)nc2-c2ccco2)c1. The number of aryl methyl sites for hydroxylation is 1. The Kier molecular flexibility index (Phi) is 4.68. The van der Waals surface area contributed by atoms with Gasteiger partial charge in [0.2, 0.25) is 11.7 Å². The van der Waals surface area contributed by atoms with Gasteiger partial charge in [0.1, 0.15) is 0 Å². The highest BCUT2D eigenvalue weighted by Crippen LogP contribution is 2.24. The van der Waals surface area contributed by atoms with Gasteiger partial charge in [-0.3, -0.25) is 9.59 Å². The predicted molar refractivity (Wildman–Crippen MR) is 102 cm³/mol. The van der Waals surface area contributed by atoms with E-state index >= 15 is 0 Å². The summed E-state index contributed by atoms with van der Waals surface area (Å²) < 4.78 is 7.10. The molecular formula is C20H21N5O3. The maximum Gasteiger partial charge on any atom is 0.293 e. The molecule has 1 fully saturated rings. The van der Waals surface area contributed by atoms with Crippen LogP contribution in [0.15, 0.2) is 47.1 Å². The minimum absolute atomic E-state index is 0.0676. The van der Waals surface area contributed by atoms with Crippen LogP contribution in [0.4, 0.5) is 0 Å². The largest absolute Gasteiger partial charge is 0.461 e. The molecular weight excluding hydrogens is 358 g/mol. The van der Waals surface area contributed by atoms with E-state index in [2.05, 4.69) is 10.1 Å². The molecule has 0 spiro atoms. The highest BCUT2D eigenvalue weighted by atomic mass is 16.3. The number of carbonyl (C=O) groups is 2. The molecule has 28 heavy (non-hydrogen) atoms. The van der Waals surface area contributed by atoms with Crippen LogP contribution in [0, 0.1) is 12.8 Å². The highest BCUT2D eigenvalue weighted by molar-refractivity contribution is 5.91. The van der Waals surface area contributed by atoms with Crippen molar-refractivity contribution >= 4 is 11.8 Å². The fourth-order valence-electron chi connectivity index (χ4n) is 3.44. The molecule has 1 saturated heterocycles. The van der Waals surface area contributed by atoms with Gasteiger partial charge >= 0.3 is 0 Å². The summed E-state index contributed by atoms with van der Waals surface area (Å²) in [4.78, 5) is 30.6. The van der Waals surface area contributed by atoms with Crippen molar-refractivity contribution < 1.29 is 14.0 Å². The highest BCUT2D eigenvalue weighted by Gasteiger charge is 2.30.